The summed E-state index contributed by atoms with van der Waals surface area (Å²) in [6, 6.07) is 5.83. The number of fused-ring (bicyclic) bond motifs is 1. The second kappa shape index (κ2) is 9.92. The Bertz CT molecular complexity index is 1160. The van der Waals surface area contributed by atoms with Crippen LogP contribution >= 0.6 is 0 Å². The molecule has 0 saturated carbocycles. The highest BCUT2D eigenvalue weighted by molar-refractivity contribution is 5.98. The van der Waals surface area contributed by atoms with Gasteiger partial charge in [0.15, 0.2) is 11.5 Å². The van der Waals surface area contributed by atoms with Gasteiger partial charge in [-0.25, -0.2) is 0 Å². The average Bonchev–Trinajstić information content (AvgIpc) is 2.97. The third-order valence-electron chi connectivity index (χ3n) is 7.42. The van der Waals surface area contributed by atoms with Crippen molar-refractivity contribution in [3.8, 4) is 11.5 Å². The molecule has 4 heteroatoms. The van der Waals surface area contributed by atoms with Crippen molar-refractivity contribution in [2.75, 3.05) is 14.2 Å². The lowest BCUT2D eigenvalue weighted by atomic mass is 9.88. The van der Waals surface area contributed by atoms with Crippen LogP contribution in [0.4, 0.5) is 0 Å². The van der Waals surface area contributed by atoms with E-state index in [0.717, 1.165) is 35.2 Å². The molecule has 3 aliphatic rings. The number of amides is 1. The van der Waals surface area contributed by atoms with Gasteiger partial charge < -0.3 is 9.47 Å². The quantitative estimate of drug-likeness (QED) is 0.497. The van der Waals surface area contributed by atoms with Crippen molar-refractivity contribution in [1.29, 1.82) is 0 Å². The van der Waals surface area contributed by atoms with Crippen LogP contribution in [0.3, 0.4) is 0 Å². The first-order valence-electron chi connectivity index (χ1n) is 12.1. The molecule has 1 aromatic rings. The van der Waals surface area contributed by atoms with Crippen molar-refractivity contribution in [1.82, 2.24) is 4.90 Å². The van der Waals surface area contributed by atoms with Crippen LogP contribution in [0.25, 0.3) is 5.57 Å². The summed E-state index contributed by atoms with van der Waals surface area (Å²) in [5.41, 5.74) is 6.55. The molecule has 0 spiro atoms. The fourth-order valence-corrected chi connectivity index (χ4v) is 4.80. The summed E-state index contributed by atoms with van der Waals surface area (Å²) in [6.45, 7) is 8.96. The monoisotopic (exact) mass is 457 g/mol. The maximum absolute atomic E-state index is 13.5. The number of allylic oxidation sites excluding steroid dienone is 9. The number of carbonyl (C=O) groups excluding carboxylic acids is 1. The average molecular weight is 458 g/mol. The molecule has 1 aliphatic carbocycles. The zero-order chi connectivity index (χ0) is 24.4. The third-order valence-corrected chi connectivity index (χ3v) is 7.42. The fourth-order valence-electron chi connectivity index (χ4n) is 4.80. The van der Waals surface area contributed by atoms with E-state index in [1.54, 1.807) is 25.2 Å². The van der Waals surface area contributed by atoms with Gasteiger partial charge in [0.05, 0.1) is 14.2 Å². The molecule has 1 aromatic carbocycles. The standard InChI is InChI=1S/C30H35NO3/c1-19-7-9-23(15-21(3)22(19)4)25-10-13-26-12-8-20(2)27(17-30(32)31(26)18-25)24-11-14-28(33-5)29(16-24)34-6/h9-20,22H,7-8H2,1-6H3. The summed E-state index contributed by atoms with van der Waals surface area (Å²) in [5.74, 6) is 2.64. The van der Waals surface area contributed by atoms with Gasteiger partial charge in [0.2, 0.25) is 0 Å². The van der Waals surface area contributed by atoms with Crippen LogP contribution in [-0.4, -0.2) is 25.0 Å². The van der Waals surface area contributed by atoms with Crippen LogP contribution in [0, 0.1) is 17.8 Å². The molecule has 4 nitrogen and oxygen atoms in total. The van der Waals surface area contributed by atoms with Crippen molar-refractivity contribution in [3.63, 3.8) is 0 Å². The van der Waals surface area contributed by atoms with Crippen LogP contribution in [-0.2, 0) is 4.79 Å². The Morgan fingerprint density at radius 2 is 1.68 bits per heavy atom. The molecule has 3 atom stereocenters. The van der Waals surface area contributed by atoms with E-state index in [9.17, 15) is 4.79 Å². The van der Waals surface area contributed by atoms with Crippen molar-refractivity contribution in [3.05, 3.63) is 88.8 Å². The number of hydrogen-bond acceptors (Lipinski definition) is 3. The van der Waals surface area contributed by atoms with E-state index in [2.05, 4.69) is 58.1 Å². The molecule has 2 heterocycles. The highest BCUT2D eigenvalue weighted by Gasteiger charge is 2.24. The molecule has 1 amide bonds. The lowest BCUT2D eigenvalue weighted by molar-refractivity contribution is -0.122. The summed E-state index contributed by atoms with van der Waals surface area (Å²) < 4.78 is 10.9. The Kier molecular flexibility index (Phi) is 6.97. The molecule has 34 heavy (non-hydrogen) atoms. The maximum Gasteiger partial charge on any atom is 0.255 e. The molecule has 0 saturated heterocycles. The second-order valence-corrected chi connectivity index (χ2v) is 9.61. The lowest BCUT2D eigenvalue weighted by Gasteiger charge is -2.27. The smallest absolute Gasteiger partial charge is 0.255 e. The van der Waals surface area contributed by atoms with Gasteiger partial charge in [-0.15, -0.1) is 0 Å². The van der Waals surface area contributed by atoms with Gasteiger partial charge in [-0.1, -0.05) is 56.7 Å². The van der Waals surface area contributed by atoms with Crippen LogP contribution in [0.5, 0.6) is 11.5 Å². The minimum atomic E-state index is -0.0407. The maximum atomic E-state index is 13.5. The van der Waals surface area contributed by atoms with Gasteiger partial charge in [0, 0.05) is 18.0 Å². The molecular weight excluding hydrogens is 422 g/mol. The first-order valence-corrected chi connectivity index (χ1v) is 12.1. The summed E-state index contributed by atoms with van der Waals surface area (Å²) in [7, 11) is 3.25. The molecule has 0 N–H and O–H groups in total. The first kappa shape index (κ1) is 23.9. The summed E-state index contributed by atoms with van der Waals surface area (Å²) in [6.07, 6.45) is 16.6. The molecule has 2 aliphatic heterocycles. The van der Waals surface area contributed by atoms with Crippen molar-refractivity contribution in [2.24, 2.45) is 17.8 Å². The SMILES string of the molecule is COc1ccc(C2=CC(=O)N3C=C(C4=CCC(C)C(C)C(C)=C4)C=CC3=CCC2C)cc1OC. The Labute approximate surface area is 203 Å². The van der Waals surface area contributed by atoms with Crippen LogP contribution in [0.1, 0.15) is 46.1 Å². The number of rotatable bonds is 4. The Balaban J connectivity index is 1.70. The van der Waals surface area contributed by atoms with Gasteiger partial charge in [-0.05, 0) is 78.0 Å². The minimum absolute atomic E-state index is 0.0407. The van der Waals surface area contributed by atoms with E-state index >= 15 is 0 Å². The fraction of sp³-hybridized carbons (Fsp3) is 0.367. The van der Waals surface area contributed by atoms with E-state index in [1.807, 2.05) is 24.4 Å². The van der Waals surface area contributed by atoms with Gasteiger partial charge in [-0.2, -0.15) is 0 Å². The van der Waals surface area contributed by atoms with E-state index in [1.165, 1.54) is 11.1 Å². The van der Waals surface area contributed by atoms with Gasteiger partial charge in [-0.3, -0.25) is 9.69 Å². The van der Waals surface area contributed by atoms with Gasteiger partial charge in [0.25, 0.3) is 5.91 Å². The summed E-state index contributed by atoms with van der Waals surface area (Å²) in [4.78, 5) is 15.3. The molecule has 3 unspecified atom stereocenters. The lowest BCUT2D eigenvalue weighted by Crippen LogP contribution is -2.27. The zero-order valence-electron chi connectivity index (χ0n) is 21.1. The van der Waals surface area contributed by atoms with Crippen LogP contribution in [0.2, 0.25) is 0 Å². The molecule has 0 aromatic heterocycles. The highest BCUT2D eigenvalue weighted by Crippen LogP contribution is 2.37. The highest BCUT2D eigenvalue weighted by atomic mass is 16.5. The Morgan fingerprint density at radius 1 is 0.912 bits per heavy atom. The predicted molar refractivity (Wildman–Crippen MR) is 138 cm³/mol. The minimum Gasteiger partial charge on any atom is -0.493 e. The molecular formula is C30H35NO3. The number of hydrogen-bond donors (Lipinski definition) is 0. The van der Waals surface area contributed by atoms with Crippen LogP contribution in [0.15, 0.2) is 83.3 Å². The predicted octanol–water partition coefficient (Wildman–Crippen LogP) is 6.84. The van der Waals surface area contributed by atoms with Crippen LogP contribution < -0.4 is 9.47 Å². The molecule has 0 radical (unpaired) electrons. The largest absolute Gasteiger partial charge is 0.493 e. The number of ether oxygens (including phenoxy) is 2. The van der Waals surface area contributed by atoms with Crippen molar-refractivity contribution < 1.29 is 14.3 Å². The number of methoxy groups -OCH3 is 2. The summed E-state index contributed by atoms with van der Waals surface area (Å²) >= 11 is 0. The molecule has 178 valence electrons. The van der Waals surface area contributed by atoms with Gasteiger partial charge >= 0.3 is 0 Å². The second-order valence-electron chi connectivity index (χ2n) is 9.61. The van der Waals surface area contributed by atoms with Crippen molar-refractivity contribution >= 4 is 11.5 Å². The zero-order valence-corrected chi connectivity index (χ0v) is 21.1. The van der Waals surface area contributed by atoms with Crippen molar-refractivity contribution in [2.45, 2.75) is 40.5 Å². The number of benzene rings is 1. The summed E-state index contributed by atoms with van der Waals surface area (Å²) in [5, 5.41) is 0. The Hall–Kier alpha value is -3.27. The third kappa shape index (κ3) is 4.68. The molecule has 0 bridgehead atoms. The molecule has 0 fully saturated rings. The topological polar surface area (TPSA) is 38.8 Å². The normalized spacial score (nSPS) is 25.0. The van der Waals surface area contributed by atoms with Gasteiger partial charge in [0.1, 0.15) is 0 Å². The first-order chi connectivity index (χ1) is 16.3. The van der Waals surface area contributed by atoms with E-state index in [4.69, 9.17) is 9.47 Å². The Morgan fingerprint density at radius 3 is 2.41 bits per heavy atom. The van der Waals surface area contributed by atoms with E-state index in [-0.39, 0.29) is 11.8 Å². The van der Waals surface area contributed by atoms with E-state index < -0.39 is 0 Å². The number of nitrogens with zero attached hydrogens (tertiary/aromatic N) is 1. The molecule has 4 rings (SSSR count). The van der Waals surface area contributed by atoms with E-state index in [0.29, 0.717) is 23.3 Å². The number of carbonyl (C=O) groups is 1.